The lowest BCUT2D eigenvalue weighted by atomic mass is 10.0. The predicted octanol–water partition coefficient (Wildman–Crippen LogP) is 1.51. The molecule has 0 heterocycles. The van der Waals surface area contributed by atoms with Gasteiger partial charge in [0.1, 0.15) is 0 Å². The Bertz CT molecular complexity index is 116. The molecule has 1 N–H and O–H groups in total. The lowest BCUT2D eigenvalue weighted by Gasteiger charge is -2.04. The monoisotopic (exact) mass is 128 g/mol. The van der Waals surface area contributed by atoms with E-state index >= 15 is 0 Å². The maximum Gasteiger partial charge on any atom is 0.306 e. The fourth-order valence-corrected chi connectivity index (χ4v) is 1.21. The molecule has 1 rings (SSSR count). The van der Waals surface area contributed by atoms with E-state index in [2.05, 4.69) is 0 Å². The molecule has 0 aromatic rings. The van der Waals surface area contributed by atoms with Crippen molar-refractivity contribution in [3.8, 4) is 0 Å². The van der Waals surface area contributed by atoms with E-state index in [9.17, 15) is 4.79 Å². The summed E-state index contributed by atoms with van der Waals surface area (Å²) in [5.41, 5.74) is 0. The van der Waals surface area contributed by atoms with Crippen LogP contribution in [-0.2, 0) is 4.79 Å². The first kappa shape index (κ1) is 6.59. The summed E-state index contributed by atoms with van der Waals surface area (Å²) in [6.07, 6.45) is 3.05. The van der Waals surface area contributed by atoms with Crippen molar-refractivity contribution in [1.29, 1.82) is 0 Å². The first-order valence-corrected chi connectivity index (χ1v) is 3.48. The number of aliphatic carboxylic acids is 1. The van der Waals surface area contributed by atoms with Crippen molar-refractivity contribution in [2.24, 2.45) is 11.8 Å². The third kappa shape index (κ3) is 1.44. The molecule has 1 aliphatic carbocycles. The molecule has 0 aliphatic heterocycles. The highest BCUT2D eigenvalue weighted by Crippen LogP contribution is 2.38. The maximum atomic E-state index is 10.4. The summed E-state index contributed by atoms with van der Waals surface area (Å²) >= 11 is 0. The molecule has 0 radical (unpaired) electrons. The second-order valence-corrected chi connectivity index (χ2v) is 2.69. The fraction of sp³-hybridized carbons (Fsp3) is 0.857. The first-order chi connectivity index (χ1) is 4.25. The van der Waals surface area contributed by atoms with Gasteiger partial charge in [0.05, 0.1) is 5.92 Å². The third-order valence-electron chi connectivity index (χ3n) is 1.95. The summed E-state index contributed by atoms with van der Waals surface area (Å²) < 4.78 is 0. The van der Waals surface area contributed by atoms with Crippen molar-refractivity contribution < 1.29 is 9.90 Å². The molecule has 2 heteroatoms. The van der Waals surface area contributed by atoms with E-state index in [0.717, 1.165) is 19.3 Å². The highest BCUT2D eigenvalue weighted by Gasteiger charge is 2.34. The van der Waals surface area contributed by atoms with Crippen LogP contribution in [0.5, 0.6) is 0 Å². The Morgan fingerprint density at radius 2 is 2.33 bits per heavy atom. The van der Waals surface area contributed by atoms with Crippen molar-refractivity contribution in [2.75, 3.05) is 0 Å². The molecule has 0 aromatic carbocycles. The topological polar surface area (TPSA) is 37.3 Å². The van der Waals surface area contributed by atoms with Gasteiger partial charge in [-0.2, -0.15) is 0 Å². The Kier molecular flexibility index (Phi) is 1.74. The quantitative estimate of drug-likeness (QED) is 0.625. The number of carboxylic acids is 1. The van der Waals surface area contributed by atoms with Crippen LogP contribution in [0.1, 0.15) is 26.2 Å². The Morgan fingerprint density at radius 1 is 1.78 bits per heavy atom. The average molecular weight is 128 g/mol. The van der Waals surface area contributed by atoms with Gasteiger partial charge in [-0.3, -0.25) is 4.79 Å². The van der Waals surface area contributed by atoms with Crippen LogP contribution in [0.2, 0.25) is 0 Å². The summed E-state index contributed by atoms with van der Waals surface area (Å²) in [6, 6.07) is 0. The Balaban J connectivity index is 2.37. The molecule has 52 valence electrons. The lowest BCUT2D eigenvalue weighted by molar-refractivity contribution is -0.142. The van der Waals surface area contributed by atoms with Gasteiger partial charge in [-0.15, -0.1) is 0 Å². The van der Waals surface area contributed by atoms with E-state index in [1.807, 2.05) is 6.92 Å². The van der Waals surface area contributed by atoms with Gasteiger partial charge in [0, 0.05) is 0 Å². The van der Waals surface area contributed by atoms with Crippen LogP contribution in [0.3, 0.4) is 0 Å². The minimum Gasteiger partial charge on any atom is -0.481 e. The van der Waals surface area contributed by atoms with E-state index in [4.69, 9.17) is 5.11 Å². The Morgan fingerprint density at radius 3 is 2.44 bits per heavy atom. The normalized spacial score (nSPS) is 21.4. The summed E-state index contributed by atoms with van der Waals surface area (Å²) in [5.74, 6) is -0.155. The van der Waals surface area contributed by atoms with Crippen LogP contribution in [0.25, 0.3) is 0 Å². The number of hydrogen-bond acceptors (Lipinski definition) is 1. The Hall–Kier alpha value is -0.530. The van der Waals surface area contributed by atoms with E-state index in [0.29, 0.717) is 5.92 Å². The second-order valence-electron chi connectivity index (χ2n) is 2.69. The summed E-state index contributed by atoms with van der Waals surface area (Å²) in [7, 11) is 0. The highest BCUT2D eigenvalue weighted by molar-refractivity contribution is 5.70. The van der Waals surface area contributed by atoms with Crippen molar-refractivity contribution in [2.45, 2.75) is 26.2 Å². The molecule has 0 amide bonds. The molecule has 1 unspecified atom stereocenters. The first-order valence-electron chi connectivity index (χ1n) is 3.48. The van der Waals surface area contributed by atoms with Gasteiger partial charge >= 0.3 is 5.97 Å². The fourth-order valence-electron chi connectivity index (χ4n) is 1.21. The van der Waals surface area contributed by atoms with Gasteiger partial charge in [-0.25, -0.2) is 0 Å². The molecule has 0 bridgehead atoms. The minimum absolute atomic E-state index is 0.0509. The maximum absolute atomic E-state index is 10.4. The average Bonchev–Trinajstić information content (AvgIpc) is 2.50. The zero-order valence-electron chi connectivity index (χ0n) is 5.63. The molecule has 1 fully saturated rings. The molecule has 1 atom stereocenters. The SMILES string of the molecule is CCC(C(=O)O)C1CC1. The van der Waals surface area contributed by atoms with Gasteiger partial charge in [0.2, 0.25) is 0 Å². The zero-order valence-corrected chi connectivity index (χ0v) is 5.63. The van der Waals surface area contributed by atoms with Gasteiger partial charge in [-0.1, -0.05) is 6.92 Å². The molecule has 0 saturated heterocycles. The summed E-state index contributed by atoms with van der Waals surface area (Å²) in [6.45, 7) is 1.94. The van der Waals surface area contributed by atoms with Gasteiger partial charge in [0.15, 0.2) is 0 Å². The number of hydrogen-bond donors (Lipinski definition) is 1. The van der Waals surface area contributed by atoms with Gasteiger partial charge < -0.3 is 5.11 Å². The number of carbonyl (C=O) groups is 1. The summed E-state index contributed by atoms with van der Waals surface area (Å²) in [4.78, 5) is 10.4. The van der Waals surface area contributed by atoms with Crippen LogP contribution >= 0.6 is 0 Å². The lowest BCUT2D eigenvalue weighted by Crippen LogP contribution is -2.14. The number of rotatable bonds is 3. The van der Waals surface area contributed by atoms with Crippen molar-refractivity contribution in [1.82, 2.24) is 0 Å². The van der Waals surface area contributed by atoms with E-state index in [-0.39, 0.29) is 5.92 Å². The molecule has 2 nitrogen and oxygen atoms in total. The van der Waals surface area contributed by atoms with Crippen LogP contribution in [0, 0.1) is 11.8 Å². The van der Waals surface area contributed by atoms with Crippen LogP contribution in [-0.4, -0.2) is 11.1 Å². The van der Waals surface area contributed by atoms with E-state index in [1.54, 1.807) is 0 Å². The van der Waals surface area contributed by atoms with Crippen LogP contribution in [0.4, 0.5) is 0 Å². The predicted molar refractivity (Wildman–Crippen MR) is 34.1 cm³/mol. The van der Waals surface area contributed by atoms with Gasteiger partial charge in [-0.05, 0) is 25.2 Å². The van der Waals surface area contributed by atoms with Gasteiger partial charge in [0.25, 0.3) is 0 Å². The molecule has 0 aromatic heterocycles. The smallest absolute Gasteiger partial charge is 0.306 e. The van der Waals surface area contributed by atoms with Crippen molar-refractivity contribution in [3.63, 3.8) is 0 Å². The molecule has 1 saturated carbocycles. The van der Waals surface area contributed by atoms with E-state index in [1.165, 1.54) is 0 Å². The number of carboxylic acid groups (broad SMARTS) is 1. The third-order valence-corrected chi connectivity index (χ3v) is 1.95. The van der Waals surface area contributed by atoms with E-state index < -0.39 is 5.97 Å². The second kappa shape index (κ2) is 2.38. The molecule has 0 spiro atoms. The van der Waals surface area contributed by atoms with Crippen LogP contribution in [0.15, 0.2) is 0 Å². The van der Waals surface area contributed by atoms with Crippen LogP contribution < -0.4 is 0 Å². The van der Waals surface area contributed by atoms with Crippen molar-refractivity contribution >= 4 is 5.97 Å². The summed E-state index contributed by atoms with van der Waals surface area (Å²) in [5, 5.41) is 8.58. The molecule has 1 aliphatic rings. The molecular formula is C7H12O2. The zero-order chi connectivity index (χ0) is 6.85. The highest BCUT2D eigenvalue weighted by atomic mass is 16.4. The van der Waals surface area contributed by atoms with Crippen molar-refractivity contribution in [3.05, 3.63) is 0 Å². The standard InChI is InChI=1S/C7H12O2/c1-2-6(7(8)9)5-3-4-5/h5-6H,2-4H2,1H3,(H,8,9). The minimum atomic E-state index is -0.611. The molecular weight excluding hydrogens is 116 g/mol. The largest absolute Gasteiger partial charge is 0.481 e. The Labute approximate surface area is 54.9 Å². The molecule has 9 heavy (non-hydrogen) atoms.